The molecular formula is C13H12FN7. The van der Waals surface area contributed by atoms with Gasteiger partial charge in [0.1, 0.15) is 12.1 Å². The first-order valence-corrected chi connectivity index (χ1v) is 6.13. The third kappa shape index (κ3) is 2.50. The molecule has 8 heteroatoms. The molecule has 2 aromatic heterocycles. The van der Waals surface area contributed by atoms with Crippen LogP contribution in [0.4, 0.5) is 22.0 Å². The van der Waals surface area contributed by atoms with E-state index in [1.807, 2.05) is 0 Å². The Hall–Kier alpha value is -3.03. The molecule has 0 saturated carbocycles. The highest BCUT2D eigenvalue weighted by Gasteiger charge is 2.14. The van der Waals surface area contributed by atoms with Crippen molar-refractivity contribution < 1.29 is 4.39 Å². The van der Waals surface area contributed by atoms with Crippen LogP contribution in [0.5, 0.6) is 0 Å². The Morgan fingerprint density at radius 3 is 2.71 bits per heavy atom. The molecule has 3 rings (SSSR count). The van der Waals surface area contributed by atoms with Crippen LogP contribution < -0.4 is 10.6 Å². The Kier molecular flexibility index (Phi) is 3.19. The second-order valence-electron chi connectivity index (χ2n) is 4.27. The molecule has 2 N–H and O–H groups in total. The molecule has 106 valence electrons. The lowest BCUT2D eigenvalue weighted by Crippen LogP contribution is -2.17. The van der Waals surface area contributed by atoms with Crippen molar-refractivity contribution in [3.63, 3.8) is 0 Å². The number of nitrogens with two attached hydrogens (primary N) is 1. The summed E-state index contributed by atoms with van der Waals surface area (Å²) >= 11 is 0. The van der Waals surface area contributed by atoms with Crippen LogP contribution in [0.25, 0.3) is 5.95 Å². The standard InChI is InChI=1S/C13H12FN7/c1-20(10-5-3-2-4-9(10)14)12-17-11(15)18-13(19-12)21-7-6-16-8-21/h2-8H,1H3,(H2,15,17,18,19). The Balaban J connectivity index is 2.05. The first kappa shape index (κ1) is 13.0. The highest BCUT2D eigenvalue weighted by atomic mass is 19.1. The zero-order valence-electron chi connectivity index (χ0n) is 11.2. The summed E-state index contributed by atoms with van der Waals surface area (Å²) in [6.45, 7) is 0. The summed E-state index contributed by atoms with van der Waals surface area (Å²) < 4.78 is 15.4. The maximum absolute atomic E-state index is 13.8. The molecule has 7 nitrogen and oxygen atoms in total. The van der Waals surface area contributed by atoms with Gasteiger partial charge in [-0.3, -0.25) is 4.57 Å². The molecular weight excluding hydrogens is 273 g/mol. The molecule has 0 bridgehead atoms. The number of halogens is 1. The van der Waals surface area contributed by atoms with Gasteiger partial charge in [-0.1, -0.05) is 12.1 Å². The molecule has 3 aromatic rings. The van der Waals surface area contributed by atoms with Crippen molar-refractivity contribution in [3.05, 3.63) is 48.8 Å². The van der Waals surface area contributed by atoms with Crippen LogP contribution in [-0.4, -0.2) is 31.6 Å². The number of hydrogen-bond donors (Lipinski definition) is 1. The number of para-hydroxylation sites is 1. The van der Waals surface area contributed by atoms with Gasteiger partial charge in [-0.05, 0) is 12.1 Å². The van der Waals surface area contributed by atoms with Gasteiger partial charge in [0.15, 0.2) is 0 Å². The van der Waals surface area contributed by atoms with Gasteiger partial charge in [0, 0.05) is 19.4 Å². The Morgan fingerprint density at radius 2 is 2.00 bits per heavy atom. The number of hydrogen-bond acceptors (Lipinski definition) is 6. The SMILES string of the molecule is CN(c1nc(N)nc(-n2ccnc2)n1)c1ccccc1F. The fourth-order valence-corrected chi connectivity index (χ4v) is 1.84. The monoisotopic (exact) mass is 285 g/mol. The van der Waals surface area contributed by atoms with Gasteiger partial charge in [-0.2, -0.15) is 15.0 Å². The number of imidazole rings is 1. The minimum Gasteiger partial charge on any atom is -0.368 e. The van der Waals surface area contributed by atoms with E-state index in [1.54, 1.807) is 48.5 Å². The largest absolute Gasteiger partial charge is 0.368 e. The number of aromatic nitrogens is 5. The van der Waals surface area contributed by atoms with Crippen LogP contribution in [0.1, 0.15) is 0 Å². The van der Waals surface area contributed by atoms with Crippen molar-refractivity contribution in [1.82, 2.24) is 24.5 Å². The van der Waals surface area contributed by atoms with Crippen LogP contribution in [0.3, 0.4) is 0 Å². The molecule has 0 atom stereocenters. The van der Waals surface area contributed by atoms with Crippen LogP contribution in [0.15, 0.2) is 43.0 Å². The fraction of sp³-hybridized carbons (Fsp3) is 0.0769. The number of benzene rings is 1. The van der Waals surface area contributed by atoms with E-state index >= 15 is 0 Å². The van der Waals surface area contributed by atoms with Crippen molar-refractivity contribution in [2.75, 3.05) is 17.7 Å². The molecule has 0 spiro atoms. The van der Waals surface area contributed by atoms with Crippen molar-refractivity contribution in [2.45, 2.75) is 0 Å². The average Bonchev–Trinajstić information content (AvgIpc) is 3.01. The van der Waals surface area contributed by atoms with Crippen LogP contribution in [-0.2, 0) is 0 Å². The van der Waals surface area contributed by atoms with Crippen molar-refractivity contribution >= 4 is 17.6 Å². The Labute approximate surface area is 119 Å². The molecule has 0 radical (unpaired) electrons. The number of rotatable bonds is 3. The first-order chi connectivity index (χ1) is 10.1. The minimum absolute atomic E-state index is 0.0480. The lowest BCUT2D eigenvalue weighted by molar-refractivity contribution is 0.626. The topological polar surface area (TPSA) is 85.8 Å². The Bertz CT molecular complexity index is 757. The van der Waals surface area contributed by atoms with Crippen molar-refractivity contribution in [2.24, 2.45) is 0 Å². The summed E-state index contributed by atoms with van der Waals surface area (Å²) in [5, 5.41) is 0. The fourth-order valence-electron chi connectivity index (χ4n) is 1.84. The Morgan fingerprint density at radius 1 is 1.19 bits per heavy atom. The van der Waals surface area contributed by atoms with Gasteiger partial charge < -0.3 is 10.6 Å². The molecule has 0 amide bonds. The lowest BCUT2D eigenvalue weighted by Gasteiger charge is -2.18. The van der Waals surface area contributed by atoms with E-state index in [9.17, 15) is 4.39 Å². The van der Waals surface area contributed by atoms with Crippen molar-refractivity contribution in [1.29, 1.82) is 0 Å². The highest BCUT2D eigenvalue weighted by Crippen LogP contribution is 2.23. The molecule has 2 heterocycles. The summed E-state index contributed by atoms with van der Waals surface area (Å²) in [6, 6.07) is 6.35. The highest BCUT2D eigenvalue weighted by molar-refractivity contribution is 5.57. The first-order valence-electron chi connectivity index (χ1n) is 6.13. The summed E-state index contributed by atoms with van der Waals surface area (Å²) in [5.74, 6) is 0.240. The van der Waals surface area contributed by atoms with E-state index < -0.39 is 0 Å². The summed E-state index contributed by atoms with van der Waals surface area (Å²) in [4.78, 5) is 17.8. The number of nitrogen functional groups attached to an aromatic ring is 1. The third-order valence-corrected chi connectivity index (χ3v) is 2.88. The second kappa shape index (κ2) is 5.16. The zero-order chi connectivity index (χ0) is 14.8. The van der Waals surface area contributed by atoms with Gasteiger partial charge in [-0.15, -0.1) is 0 Å². The number of nitrogens with zero attached hydrogens (tertiary/aromatic N) is 6. The normalized spacial score (nSPS) is 10.6. The van der Waals surface area contributed by atoms with Crippen LogP contribution in [0, 0.1) is 5.82 Å². The lowest BCUT2D eigenvalue weighted by atomic mass is 10.3. The maximum atomic E-state index is 13.8. The zero-order valence-corrected chi connectivity index (χ0v) is 11.2. The van der Waals surface area contributed by atoms with E-state index in [2.05, 4.69) is 19.9 Å². The minimum atomic E-state index is -0.372. The van der Waals surface area contributed by atoms with Crippen LogP contribution >= 0.6 is 0 Å². The van der Waals surface area contributed by atoms with Gasteiger partial charge in [0.05, 0.1) is 5.69 Å². The van der Waals surface area contributed by atoms with E-state index in [-0.39, 0.29) is 17.7 Å². The molecule has 1 aromatic carbocycles. The molecule has 0 saturated heterocycles. The van der Waals surface area contributed by atoms with E-state index in [1.165, 1.54) is 11.0 Å². The predicted octanol–water partition coefficient (Wildman–Crippen LogP) is 1.55. The summed E-state index contributed by atoms with van der Waals surface area (Å²) in [5.41, 5.74) is 6.05. The summed E-state index contributed by atoms with van der Waals surface area (Å²) in [7, 11) is 1.66. The van der Waals surface area contributed by atoms with Gasteiger partial charge in [0.25, 0.3) is 0 Å². The van der Waals surface area contributed by atoms with Gasteiger partial charge >= 0.3 is 0 Å². The molecule has 0 aliphatic rings. The molecule has 21 heavy (non-hydrogen) atoms. The predicted molar refractivity (Wildman–Crippen MR) is 75.8 cm³/mol. The van der Waals surface area contributed by atoms with E-state index in [0.717, 1.165) is 0 Å². The van der Waals surface area contributed by atoms with Gasteiger partial charge in [-0.25, -0.2) is 9.37 Å². The van der Waals surface area contributed by atoms with E-state index in [0.29, 0.717) is 11.6 Å². The smallest absolute Gasteiger partial charge is 0.241 e. The molecule has 0 fully saturated rings. The molecule has 0 unspecified atom stereocenters. The van der Waals surface area contributed by atoms with Gasteiger partial charge in [0.2, 0.25) is 17.8 Å². The maximum Gasteiger partial charge on any atom is 0.241 e. The van der Waals surface area contributed by atoms with Crippen molar-refractivity contribution in [3.8, 4) is 5.95 Å². The molecule has 0 aliphatic heterocycles. The number of anilines is 3. The van der Waals surface area contributed by atoms with E-state index in [4.69, 9.17) is 5.73 Å². The second-order valence-corrected chi connectivity index (χ2v) is 4.27. The third-order valence-electron chi connectivity index (χ3n) is 2.88. The van der Waals surface area contributed by atoms with Crippen LogP contribution in [0.2, 0.25) is 0 Å². The quantitative estimate of drug-likeness (QED) is 0.785. The average molecular weight is 285 g/mol. The molecule has 0 aliphatic carbocycles. The summed E-state index contributed by atoms with van der Waals surface area (Å²) in [6.07, 6.45) is 4.82.